The average Bonchev–Trinajstić information content (AvgIpc) is 3.52. The first-order chi connectivity index (χ1) is 38.6. The van der Waals surface area contributed by atoms with Gasteiger partial charge in [0.15, 0.2) is 6.29 Å². The van der Waals surface area contributed by atoms with Gasteiger partial charge in [-0.15, -0.1) is 0 Å². The molecule has 0 radical (unpaired) electrons. The Morgan fingerprint density at radius 3 is 1.52 bits per heavy atom. The second-order valence-electron chi connectivity index (χ2n) is 22.7. The largest absolute Gasteiger partial charge is 0.477 e. The van der Waals surface area contributed by atoms with E-state index in [2.05, 4.69) is 28.7 Å². The number of carbonyl (C=O) groups excluding carboxylic acids is 2. The molecule has 2 heterocycles. The highest BCUT2D eigenvalue weighted by Crippen LogP contribution is 2.35. The van der Waals surface area contributed by atoms with E-state index in [0.717, 1.165) is 64.7 Å². The van der Waals surface area contributed by atoms with Crippen molar-refractivity contribution in [1.82, 2.24) is 10.6 Å². The number of aliphatic hydroxyl groups excluding tert-OH is 9. The lowest BCUT2D eigenvalue weighted by Crippen LogP contribution is -2.68. The number of carboxylic acids is 1. The van der Waals surface area contributed by atoms with Gasteiger partial charge in [0.2, 0.25) is 11.8 Å². The minimum Gasteiger partial charge on any atom is -0.477 e. The zero-order valence-corrected chi connectivity index (χ0v) is 49.8. The minimum atomic E-state index is -5.35. The molecule has 0 aromatic rings. The summed E-state index contributed by atoms with van der Waals surface area (Å²) in [5, 5.41) is 114. The van der Waals surface area contributed by atoms with Gasteiger partial charge in [0, 0.05) is 13.3 Å². The molecule has 0 aromatic heterocycles. The van der Waals surface area contributed by atoms with Crippen LogP contribution in [0.25, 0.3) is 0 Å². The van der Waals surface area contributed by atoms with E-state index in [-0.39, 0.29) is 12.8 Å². The summed E-state index contributed by atoms with van der Waals surface area (Å²) in [6.07, 6.45) is 10.6. The summed E-state index contributed by atoms with van der Waals surface area (Å²) in [4.78, 5) is 38.4. The molecular weight excluding hydrogens is 1080 g/mol. The number of amides is 2. The second-order valence-corrected chi connectivity index (χ2v) is 23.7. The molecule has 81 heavy (non-hydrogen) atoms. The number of nitrogens with one attached hydrogen (secondary N) is 2. The van der Waals surface area contributed by atoms with Crippen LogP contribution in [0.4, 0.5) is 0 Å². The molecule has 2 rings (SSSR count). The van der Waals surface area contributed by atoms with Crippen LogP contribution in [0.3, 0.4) is 0 Å². The maximum Gasteiger partial charge on any atom is 0.397 e. The van der Waals surface area contributed by atoms with Crippen molar-refractivity contribution >= 4 is 28.2 Å². The number of hydrogen-bond acceptors (Lipinski definition) is 19. The molecule has 0 saturated carbocycles. The lowest BCUT2D eigenvalue weighted by atomic mass is 9.88. The fourth-order valence-electron chi connectivity index (χ4n) is 10.6. The summed E-state index contributed by atoms with van der Waals surface area (Å²) in [5.41, 5.74) is 0. The molecule has 0 spiro atoms. The lowest BCUT2D eigenvalue weighted by Gasteiger charge is -2.47. The summed E-state index contributed by atoms with van der Waals surface area (Å²) in [6.45, 7) is 2.39. The molecular formula is C57H108N2O21S. The second kappa shape index (κ2) is 42.6. The van der Waals surface area contributed by atoms with Crippen LogP contribution in [-0.2, 0) is 47.9 Å². The van der Waals surface area contributed by atoms with Crippen molar-refractivity contribution in [1.29, 1.82) is 0 Å². The van der Waals surface area contributed by atoms with Crippen molar-refractivity contribution in [2.24, 2.45) is 0 Å². The van der Waals surface area contributed by atoms with Gasteiger partial charge in [-0.3, -0.25) is 14.1 Å². The Morgan fingerprint density at radius 2 is 1.10 bits per heavy atom. The van der Waals surface area contributed by atoms with Gasteiger partial charge < -0.3 is 80.6 Å². The third kappa shape index (κ3) is 30.1. The summed E-state index contributed by atoms with van der Waals surface area (Å²) < 4.78 is 59.3. The van der Waals surface area contributed by atoms with Crippen molar-refractivity contribution < 1.29 is 102 Å². The number of aliphatic carboxylic acids is 1. The first-order valence-corrected chi connectivity index (χ1v) is 32.1. The van der Waals surface area contributed by atoms with Crippen molar-refractivity contribution in [3.63, 3.8) is 0 Å². The highest BCUT2D eigenvalue weighted by atomic mass is 32.3. The molecule has 2 fully saturated rings. The van der Waals surface area contributed by atoms with E-state index in [0.29, 0.717) is 12.8 Å². The molecule has 0 unspecified atom stereocenters. The van der Waals surface area contributed by atoms with Crippen molar-refractivity contribution in [2.45, 2.75) is 324 Å². The van der Waals surface area contributed by atoms with Crippen LogP contribution in [-0.4, -0.2) is 193 Å². The van der Waals surface area contributed by atoms with E-state index < -0.39 is 146 Å². The van der Waals surface area contributed by atoms with Crippen molar-refractivity contribution in [3.8, 4) is 0 Å². The lowest BCUT2D eigenvalue weighted by molar-refractivity contribution is -0.339. The number of aliphatic hydroxyl groups is 9. The van der Waals surface area contributed by atoms with Crippen LogP contribution in [0, 0.1) is 0 Å². The smallest absolute Gasteiger partial charge is 0.397 e. The fourth-order valence-corrected chi connectivity index (χ4v) is 11.1. The molecule has 23 nitrogen and oxygen atoms in total. The zero-order valence-electron chi connectivity index (χ0n) is 48.9. The standard InChI is InChI=1S/C57H108N2O21S/c1-4-6-8-10-12-14-16-18-19-20-21-22-23-25-27-29-31-33-35-43(63)54(70)59-41(48(65)42(62)34-32-30-28-26-24-17-15-13-11-9-7-5-2)38-76-55-52(69)51(68)49(66)46(78-55)39-77-57(56(71)72)36-44(64)47(58-40(3)61)53(79-57)50(67)45(37-60)80-81(73,74)75/h41-53,55,60,62-69H,4-39H2,1-3H3,(H,58,61)(H,59,70)(H,71,72)(H,73,74,75)/t41-,42+,43+,44-,45+,46+,47+,48-,49+,50+,51-,52+,53+,55+,57+/m0/s1. The van der Waals surface area contributed by atoms with Gasteiger partial charge in [0.05, 0.1) is 44.1 Å². The third-order valence-corrected chi connectivity index (χ3v) is 16.1. The molecule has 24 heteroatoms. The third-order valence-electron chi connectivity index (χ3n) is 15.6. The van der Waals surface area contributed by atoms with E-state index in [4.69, 9.17) is 18.9 Å². The van der Waals surface area contributed by atoms with Crippen LogP contribution in [0.15, 0.2) is 0 Å². The van der Waals surface area contributed by atoms with E-state index in [9.17, 15) is 78.4 Å². The van der Waals surface area contributed by atoms with Crippen molar-refractivity contribution in [2.75, 3.05) is 19.8 Å². The highest BCUT2D eigenvalue weighted by molar-refractivity contribution is 7.80. The molecule has 478 valence electrons. The predicted octanol–water partition coefficient (Wildman–Crippen LogP) is 4.89. The summed E-state index contributed by atoms with van der Waals surface area (Å²) in [6, 6.07) is -3.12. The normalized spacial score (nSPS) is 25.6. The molecule has 2 amide bonds. The SMILES string of the molecule is CCCCCCCCCCCCCCCCCCCC[C@@H](O)C(=O)N[C@@H](CO[C@@H]1O[C@H](CO[C@]2(C(=O)O)C[C@H](O)[C@@H](NC(C)=O)[C@H]([C@H](O)[C@@H](CO)OS(=O)(=O)O)O2)[C@@H](O)[C@H](O)[C@H]1O)[C@H](O)[C@H](O)CCCCCCCCCCCCCC. The molecule has 15 atom stereocenters. The van der Waals surface area contributed by atoms with E-state index >= 15 is 0 Å². The maximum absolute atomic E-state index is 13.5. The Morgan fingerprint density at radius 1 is 0.654 bits per heavy atom. The van der Waals surface area contributed by atoms with E-state index in [1.54, 1.807) is 0 Å². The predicted molar refractivity (Wildman–Crippen MR) is 301 cm³/mol. The van der Waals surface area contributed by atoms with Crippen molar-refractivity contribution in [3.05, 3.63) is 0 Å². The highest BCUT2D eigenvalue weighted by Gasteiger charge is 2.57. The summed E-state index contributed by atoms with van der Waals surface area (Å²) in [5.74, 6) is -6.65. The van der Waals surface area contributed by atoms with Crippen LogP contribution < -0.4 is 10.6 Å². The summed E-state index contributed by atoms with van der Waals surface area (Å²) >= 11 is 0. The molecule has 0 aromatic carbocycles. The Hall–Kier alpha value is -2.24. The topological polar surface area (TPSA) is 378 Å². The quantitative estimate of drug-likeness (QED) is 0.0285. The molecule has 2 saturated heterocycles. The number of hydrogen-bond donors (Lipinski definition) is 13. The van der Waals surface area contributed by atoms with Crippen LogP contribution in [0.2, 0.25) is 0 Å². The fraction of sp³-hybridized carbons (Fsp3) is 0.947. The van der Waals surface area contributed by atoms with E-state index in [1.807, 2.05) is 0 Å². The molecule has 0 aliphatic carbocycles. The molecule has 2 aliphatic heterocycles. The Balaban J connectivity index is 2.09. The number of rotatable bonds is 49. The van der Waals surface area contributed by atoms with Crippen LogP contribution in [0.1, 0.15) is 233 Å². The molecule has 0 bridgehead atoms. The number of carbonyl (C=O) groups is 3. The first-order valence-electron chi connectivity index (χ1n) is 30.7. The average molecular weight is 1190 g/mol. The minimum absolute atomic E-state index is 0.123. The molecule has 2 aliphatic rings. The Bertz CT molecular complexity index is 1770. The summed E-state index contributed by atoms with van der Waals surface area (Å²) in [7, 11) is -5.35. The van der Waals surface area contributed by atoms with Gasteiger partial charge in [-0.2, -0.15) is 8.42 Å². The van der Waals surface area contributed by atoms with Gasteiger partial charge >= 0.3 is 16.4 Å². The van der Waals surface area contributed by atoms with Gasteiger partial charge in [-0.05, 0) is 12.8 Å². The van der Waals surface area contributed by atoms with Crippen LogP contribution in [0.5, 0.6) is 0 Å². The van der Waals surface area contributed by atoms with E-state index in [1.165, 1.54) is 122 Å². The maximum atomic E-state index is 13.5. The first kappa shape index (κ1) is 74.9. The van der Waals surface area contributed by atoms with Crippen LogP contribution >= 0.6 is 0 Å². The van der Waals surface area contributed by atoms with Gasteiger partial charge in [-0.25, -0.2) is 8.98 Å². The zero-order chi connectivity index (χ0) is 60.2. The number of carboxylic acid groups (broad SMARTS) is 1. The monoisotopic (exact) mass is 1190 g/mol. The number of unbranched alkanes of at least 4 members (excludes halogenated alkanes) is 28. The van der Waals surface area contributed by atoms with Gasteiger partial charge in [-0.1, -0.05) is 206 Å². The Labute approximate surface area is 482 Å². The Kier molecular flexibility index (Phi) is 39.3. The molecule has 13 N–H and O–H groups in total. The number of ether oxygens (including phenoxy) is 4. The van der Waals surface area contributed by atoms with Gasteiger partial charge in [0.1, 0.15) is 54.9 Å². The van der Waals surface area contributed by atoms with Gasteiger partial charge in [0.25, 0.3) is 5.79 Å².